The Hall–Kier alpha value is -3.96. The minimum absolute atomic E-state index is 0.0155. The van der Waals surface area contributed by atoms with E-state index in [0.717, 1.165) is 23.9 Å². The lowest BCUT2D eigenvalue weighted by Gasteiger charge is -2.27. The Balaban J connectivity index is 1.87. The zero-order valence-corrected chi connectivity index (χ0v) is 21.1. The molecule has 2 aromatic carbocycles. The van der Waals surface area contributed by atoms with E-state index in [9.17, 15) is 24.3 Å². The molecule has 1 unspecified atom stereocenters. The average Bonchev–Trinajstić information content (AvgIpc) is 3.11. The number of carbonyl (C=O) groups is 4. The van der Waals surface area contributed by atoms with Gasteiger partial charge in [0.25, 0.3) is 5.60 Å². The van der Waals surface area contributed by atoms with Crippen LogP contribution in [-0.2, 0) is 28.7 Å². The van der Waals surface area contributed by atoms with Crippen molar-refractivity contribution in [1.82, 2.24) is 0 Å². The fraction of sp³-hybridized carbons (Fsp3) is 0.154. The van der Waals surface area contributed by atoms with Gasteiger partial charge in [0.15, 0.2) is 0 Å². The van der Waals surface area contributed by atoms with Crippen molar-refractivity contribution in [1.29, 1.82) is 0 Å². The first kappa shape index (κ1) is 27.6. The second-order valence-electron chi connectivity index (χ2n) is 7.49. The zero-order valence-electron chi connectivity index (χ0n) is 19.5. The van der Waals surface area contributed by atoms with Gasteiger partial charge < -0.3 is 24.8 Å². The Bertz CT molecular complexity index is 1280. The van der Waals surface area contributed by atoms with Crippen LogP contribution in [0.2, 0.25) is 0 Å². The van der Waals surface area contributed by atoms with E-state index in [2.05, 4.69) is 0 Å². The molecule has 0 radical (unpaired) electrons. The zero-order chi connectivity index (χ0) is 27.0. The van der Waals surface area contributed by atoms with Gasteiger partial charge in [-0.1, -0.05) is 36.0 Å². The lowest BCUT2D eigenvalue weighted by molar-refractivity contribution is -0.169. The van der Waals surface area contributed by atoms with Gasteiger partial charge in [0.1, 0.15) is 0 Å². The van der Waals surface area contributed by atoms with Crippen LogP contribution in [0.25, 0.3) is 12.2 Å². The molecule has 11 heteroatoms. The molecule has 3 rings (SSSR count). The monoisotopic (exact) mass is 542 g/mol. The maximum Gasteiger partial charge on any atom is 0.375 e. The number of carboxylic acids is 2. The van der Waals surface area contributed by atoms with Gasteiger partial charge in [-0.15, -0.1) is 11.8 Å². The number of aliphatic carboxylic acids is 2. The molecule has 0 spiro atoms. The van der Waals surface area contributed by atoms with Crippen LogP contribution in [0.3, 0.4) is 0 Å². The first-order valence-electron chi connectivity index (χ1n) is 10.8. The first-order chi connectivity index (χ1) is 17.6. The topological polar surface area (TPSA) is 147 Å². The third-order valence-corrected chi connectivity index (χ3v) is 7.30. The van der Waals surface area contributed by atoms with Gasteiger partial charge in [0.2, 0.25) is 5.76 Å². The fourth-order valence-corrected chi connectivity index (χ4v) is 5.32. The third kappa shape index (κ3) is 7.05. The normalized spacial score (nSPS) is 17.4. The maximum atomic E-state index is 13.1. The molecule has 37 heavy (non-hydrogen) atoms. The number of carbonyl (C=O) groups excluding carboxylic acids is 2. The molecule has 0 saturated carbocycles. The molecule has 0 bridgehead atoms. The average molecular weight is 543 g/mol. The number of aliphatic hydroxyl groups is 1. The second kappa shape index (κ2) is 12.3. The summed E-state index contributed by atoms with van der Waals surface area (Å²) in [6.07, 6.45) is 4.87. The van der Waals surface area contributed by atoms with Crippen molar-refractivity contribution in [3.8, 4) is 0 Å². The summed E-state index contributed by atoms with van der Waals surface area (Å²) in [4.78, 5) is 48.2. The number of rotatable bonds is 11. The van der Waals surface area contributed by atoms with Gasteiger partial charge in [-0.25, -0.2) is 19.2 Å². The van der Waals surface area contributed by atoms with Crippen molar-refractivity contribution in [2.45, 2.75) is 22.3 Å². The molecule has 3 N–H and O–H groups in total. The van der Waals surface area contributed by atoms with Crippen molar-refractivity contribution in [3.05, 3.63) is 82.5 Å². The predicted octanol–water partition coefficient (Wildman–Crippen LogP) is 4.39. The third-order valence-electron chi connectivity index (χ3n) is 4.91. The highest BCUT2D eigenvalue weighted by molar-refractivity contribution is 8.03. The smallest absolute Gasteiger partial charge is 0.375 e. The van der Waals surface area contributed by atoms with Gasteiger partial charge in [-0.3, -0.25) is 0 Å². The predicted molar refractivity (Wildman–Crippen MR) is 138 cm³/mol. The Kier molecular flexibility index (Phi) is 9.20. The largest absolute Gasteiger partial charge is 0.501 e. The van der Waals surface area contributed by atoms with E-state index in [-0.39, 0.29) is 17.3 Å². The van der Waals surface area contributed by atoms with Crippen LogP contribution in [0.5, 0.6) is 0 Å². The number of aliphatic hydroxyl groups excluding tert-OH is 1. The molecule has 2 aromatic rings. The van der Waals surface area contributed by atoms with Gasteiger partial charge in [0, 0.05) is 21.9 Å². The van der Waals surface area contributed by atoms with Crippen molar-refractivity contribution in [2.75, 3.05) is 12.4 Å². The molecule has 1 aliphatic heterocycles. The van der Waals surface area contributed by atoms with Gasteiger partial charge in [-0.05, 0) is 54.5 Å². The van der Waals surface area contributed by atoms with Crippen molar-refractivity contribution >= 4 is 59.6 Å². The molecule has 1 heterocycles. The summed E-state index contributed by atoms with van der Waals surface area (Å²) < 4.78 is 10.6. The molecule has 0 amide bonds. The van der Waals surface area contributed by atoms with Crippen LogP contribution in [0.15, 0.2) is 81.1 Å². The van der Waals surface area contributed by atoms with E-state index < -0.39 is 35.2 Å². The maximum absolute atomic E-state index is 13.1. The van der Waals surface area contributed by atoms with E-state index in [0.29, 0.717) is 20.9 Å². The van der Waals surface area contributed by atoms with E-state index >= 15 is 0 Å². The number of cyclic esters (lactones) is 1. The molecule has 0 aliphatic carbocycles. The summed E-state index contributed by atoms with van der Waals surface area (Å²) >= 11 is 2.16. The molecule has 0 fully saturated rings. The highest BCUT2D eigenvalue weighted by atomic mass is 32.2. The fourth-order valence-electron chi connectivity index (χ4n) is 3.16. The molecule has 0 aromatic heterocycles. The number of thioether (sulfide) groups is 2. The van der Waals surface area contributed by atoms with Crippen molar-refractivity contribution in [3.63, 3.8) is 0 Å². The summed E-state index contributed by atoms with van der Waals surface area (Å²) in [6.45, 7) is 1.63. The van der Waals surface area contributed by atoms with Crippen LogP contribution in [0, 0.1) is 0 Å². The minimum Gasteiger partial charge on any atom is -0.501 e. The molecule has 192 valence electrons. The SMILES string of the molecule is CCOC(=O)C1(CSc2ccc(C=CC(=O)O)cc2)OC(=O)C(O)=C1Sc1ccc(C=CC(=O)O)cc1. The van der Waals surface area contributed by atoms with Gasteiger partial charge >= 0.3 is 23.9 Å². The summed E-state index contributed by atoms with van der Waals surface area (Å²) in [5.74, 6) is -4.81. The molecular weight excluding hydrogens is 520 g/mol. The Morgan fingerprint density at radius 1 is 0.919 bits per heavy atom. The number of hydrogen-bond donors (Lipinski definition) is 3. The Morgan fingerprint density at radius 2 is 1.43 bits per heavy atom. The Labute approximate surface area is 220 Å². The molecule has 1 aliphatic rings. The minimum atomic E-state index is -1.89. The highest BCUT2D eigenvalue weighted by Crippen LogP contribution is 2.46. The van der Waals surface area contributed by atoms with Crippen LogP contribution in [0.4, 0.5) is 0 Å². The molecular formula is C26H22O9S2. The quantitative estimate of drug-likeness (QED) is 0.211. The van der Waals surface area contributed by atoms with Gasteiger partial charge in [-0.2, -0.15) is 0 Å². The van der Waals surface area contributed by atoms with E-state index in [1.807, 2.05) is 0 Å². The van der Waals surface area contributed by atoms with Crippen LogP contribution in [0.1, 0.15) is 18.1 Å². The van der Waals surface area contributed by atoms with Crippen molar-refractivity contribution < 1.29 is 44.0 Å². The highest BCUT2D eigenvalue weighted by Gasteiger charge is 2.56. The number of esters is 2. The lowest BCUT2D eigenvalue weighted by atomic mass is 10.1. The summed E-state index contributed by atoms with van der Waals surface area (Å²) in [6, 6.07) is 13.5. The first-order valence-corrected chi connectivity index (χ1v) is 12.6. The number of hydrogen-bond acceptors (Lipinski definition) is 9. The van der Waals surface area contributed by atoms with E-state index in [1.54, 1.807) is 55.5 Å². The van der Waals surface area contributed by atoms with Crippen LogP contribution >= 0.6 is 23.5 Å². The standard InChI is InChI=1S/C26H22O9S2/c1-2-34-25(33)26(15-36-18-9-3-16(4-10-18)7-13-20(27)28)23(22(31)24(32)35-26)37-19-11-5-17(6-12-19)8-14-21(29)30/h3-14,31H,2,15H2,1H3,(H,27,28)(H,29,30). The number of carboxylic acid groups (broad SMARTS) is 2. The molecule has 1 atom stereocenters. The lowest BCUT2D eigenvalue weighted by Crippen LogP contribution is -2.44. The van der Waals surface area contributed by atoms with E-state index in [4.69, 9.17) is 19.7 Å². The van der Waals surface area contributed by atoms with Crippen LogP contribution < -0.4 is 0 Å². The molecule has 9 nitrogen and oxygen atoms in total. The van der Waals surface area contributed by atoms with Crippen molar-refractivity contribution in [2.24, 2.45) is 0 Å². The second-order valence-corrected chi connectivity index (χ2v) is 9.62. The summed E-state index contributed by atoms with van der Waals surface area (Å²) in [7, 11) is 0. The Morgan fingerprint density at radius 3 is 1.92 bits per heavy atom. The summed E-state index contributed by atoms with van der Waals surface area (Å²) in [5, 5.41) is 28.1. The van der Waals surface area contributed by atoms with Crippen LogP contribution in [-0.4, -0.2) is 57.2 Å². The molecule has 0 saturated heterocycles. The number of benzene rings is 2. The van der Waals surface area contributed by atoms with Gasteiger partial charge in [0.05, 0.1) is 17.3 Å². The van der Waals surface area contributed by atoms with E-state index in [1.165, 1.54) is 23.9 Å². The summed E-state index contributed by atoms with van der Waals surface area (Å²) in [5.41, 5.74) is -0.608. The number of ether oxygens (including phenoxy) is 2.